The molecule has 1 aromatic heterocycles. The maximum absolute atomic E-state index is 5.11. The fourth-order valence-corrected chi connectivity index (χ4v) is 3.24. The maximum Gasteiger partial charge on any atom is 0.321 e. The summed E-state index contributed by atoms with van der Waals surface area (Å²) < 4.78 is 10.1. The van der Waals surface area contributed by atoms with Crippen LogP contribution in [0.3, 0.4) is 0 Å². The molecule has 1 N–H and O–H groups in total. The van der Waals surface area contributed by atoms with Crippen molar-refractivity contribution in [1.82, 2.24) is 10.1 Å². The molecule has 1 aliphatic carbocycles. The molecule has 1 heterocycles. The third-order valence-corrected chi connectivity index (χ3v) is 4.42. The summed E-state index contributed by atoms with van der Waals surface area (Å²) >= 11 is 1.95. The topological polar surface area (TPSA) is 60.2 Å². The minimum Gasteiger partial charge on any atom is -0.383 e. The summed E-state index contributed by atoms with van der Waals surface area (Å²) in [7, 11) is 1.67. The second-order valence-corrected chi connectivity index (χ2v) is 5.80. The number of nitrogens with zero attached hydrogens (tertiary/aromatic N) is 2. The molecule has 0 amide bonds. The van der Waals surface area contributed by atoms with Gasteiger partial charge in [-0.2, -0.15) is 16.7 Å². The molecule has 0 saturated heterocycles. The van der Waals surface area contributed by atoms with Crippen molar-refractivity contribution in [2.24, 2.45) is 0 Å². The second kappa shape index (κ2) is 7.63. The fraction of sp³-hybridized carbons (Fsp3) is 0.833. The minimum absolute atomic E-state index is 0.492. The van der Waals surface area contributed by atoms with E-state index in [2.05, 4.69) is 15.5 Å². The first-order chi connectivity index (χ1) is 8.88. The van der Waals surface area contributed by atoms with Crippen LogP contribution >= 0.6 is 11.8 Å². The van der Waals surface area contributed by atoms with E-state index in [-0.39, 0.29) is 0 Å². The summed E-state index contributed by atoms with van der Waals surface area (Å²) in [5, 5.41) is 7.78. The Morgan fingerprint density at radius 1 is 1.39 bits per heavy atom. The van der Waals surface area contributed by atoms with Gasteiger partial charge in [-0.3, -0.25) is 0 Å². The number of hydrogen-bond acceptors (Lipinski definition) is 6. The van der Waals surface area contributed by atoms with Gasteiger partial charge in [0.15, 0.2) is 5.82 Å². The van der Waals surface area contributed by atoms with Gasteiger partial charge in [0.25, 0.3) is 0 Å². The summed E-state index contributed by atoms with van der Waals surface area (Å²) in [6.07, 6.45) is 6.80. The first kappa shape index (κ1) is 13.7. The highest BCUT2D eigenvalue weighted by atomic mass is 32.2. The maximum atomic E-state index is 5.11. The summed E-state index contributed by atoms with van der Waals surface area (Å²) in [5.74, 6) is 1.63. The molecular weight excluding hydrogens is 250 g/mol. The van der Waals surface area contributed by atoms with Crippen LogP contribution in [-0.4, -0.2) is 35.7 Å². The average Bonchev–Trinajstić information content (AvgIpc) is 2.86. The Balaban J connectivity index is 1.69. The minimum atomic E-state index is 0.492. The van der Waals surface area contributed by atoms with Gasteiger partial charge < -0.3 is 14.6 Å². The standard InChI is InChI=1S/C12H21N3O2S/c1-16-8-7-13-12-14-11(15-17-12)9-18-10-5-3-2-4-6-10/h10H,2-9H2,1H3,(H,13,14,15). The van der Waals surface area contributed by atoms with E-state index in [4.69, 9.17) is 9.26 Å². The van der Waals surface area contributed by atoms with Crippen LogP contribution in [0.1, 0.15) is 37.9 Å². The molecule has 0 aliphatic heterocycles. The Morgan fingerprint density at radius 2 is 2.22 bits per heavy atom. The molecule has 1 fully saturated rings. The van der Waals surface area contributed by atoms with E-state index in [1.165, 1.54) is 32.1 Å². The number of rotatable bonds is 7. The van der Waals surface area contributed by atoms with Crippen LogP contribution in [0.2, 0.25) is 0 Å². The Kier molecular flexibility index (Phi) is 5.80. The van der Waals surface area contributed by atoms with Gasteiger partial charge in [0.2, 0.25) is 0 Å². The lowest BCUT2D eigenvalue weighted by Gasteiger charge is -2.19. The van der Waals surface area contributed by atoms with E-state index in [0.717, 1.165) is 16.8 Å². The summed E-state index contributed by atoms with van der Waals surface area (Å²) in [6, 6.07) is 0.492. The largest absolute Gasteiger partial charge is 0.383 e. The van der Waals surface area contributed by atoms with Gasteiger partial charge in [-0.15, -0.1) is 0 Å². The number of methoxy groups -OCH3 is 1. The fourth-order valence-electron chi connectivity index (χ4n) is 2.07. The van der Waals surface area contributed by atoms with Crippen molar-refractivity contribution in [2.45, 2.75) is 43.1 Å². The molecule has 1 saturated carbocycles. The van der Waals surface area contributed by atoms with E-state index < -0.39 is 0 Å². The van der Waals surface area contributed by atoms with E-state index in [1.54, 1.807) is 7.11 Å². The van der Waals surface area contributed by atoms with Crippen LogP contribution in [0.4, 0.5) is 6.01 Å². The van der Waals surface area contributed by atoms with Crippen LogP contribution in [0.15, 0.2) is 4.52 Å². The molecule has 1 aliphatic rings. The Labute approximate surface area is 112 Å². The monoisotopic (exact) mass is 271 g/mol. The SMILES string of the molecule is COCCNc1nc(CSC2CCCCC2)no1. The molecule has 0 atom stereocenters. The van der Waals surface area contributed by atoms with E-state index in [0.29, 0.717) is 19.2 Å². The highest BCUT2D eigenvalue weighted by Gasteiger charge is 2.15. The Bertz CT molecular complexity index is 340. The smallest absolute Gasteiger partial charge is 0.321 e. The van der Waals surface area contributed by atoms with Gasteiger partial charge in [0, 0.05) is 18.9 Å². The van der Waals surface area contributed by atoms with Crippen molar-refractivity contribution in [1.29, 1.82) is 0 Å². The summed E-state index contributed by atoms with van der Waals surface area (Å²) in [5.41, 5.74) is 0. The van der Waals surface area contributed by atoms with Crippen molar-refractivity contribution < 1.29 is 9.26 Å². The summed E-state index contributed by atoms with van der Waals surface area (Å²) in [4.78, 5) is 4.30. The number of aromatic nitrogens is 2. The van der Waals surface area contributed by atoms with Crippen molar-refractivity contribution in [3.05, 3.63) is 5.82 Å². The van der Waals surface area contributed by atoms with Gasteiger partial charge in [-0.05, 0) is 12.8 Å². The van der Waals surface area contributed by atoms with Gasteiger partial charge in [-0.25, -0.2) is 0 Å². The van der Waals surface area contributed by atoms with Crippen LogP contribution in [0.25, 0.3) is 0 Å². The molecule has 0 spiro atoms. The lowest BCUT2D eigenvalue weighted by molar-refractivity contribution is 0.210. The molecule has 18 heavy (non-hydrogen) atoms. The lowest BCUT2D eigenvalue weighted by atomic mass is 10.0. The number of nitrogens with one attached hydrogen (secondary N) is 1. The molecule has 0 bridgehead atoms. The van der Waals surface area contributed by atoms with Gasteiger partial charge in [-0.1, -0.05) is 24.4 Å². The Morgan fingerprint density at radius 3 is 3.00 bits per heavy atom. The highest BCUT2D eigenvalue weighted by Crippen LogP contribution is 2.29. The van der Waals surface area contributed by atoms with Crippen molar-refractivity contribution in [2.75, 3.05) is 25.6 Å². The molecular formula is C12H21N3O2S. The summed E-state index contributed by atoms with van der Waals surface area (Å²) in [6.45, 7) is 1.32. The number of anilines is 1. The molecule has 0 aromatic carbocycles. The third kappa shape index (κ3) is 4.49. The number of thioether (sulfide) groups is 1. The third-order valence-electron chi connectivity index (χ3n) is 3.05. The Hall–Kier alpha value is -0.750. The van der Waals surface area contributed by atoms with Crippen LogP contribution in [-0.2, 0) is 10.5 Å². The average molecular weight is 271 g/mol. The molecule has 6 heteroatoms. The predicted molar refractivity (Wildman–Crippen MR) is 72.8 cm³/mol. The molecule has 2 rings (SSSR count). The van der Waals surface area contributed by atoms with Gasteiger partial charge in [0.05, 0.1) is 12.4 Å². The molecule has 102 valence electrons. The molecule has 0 radical (unpaired) electrons. The van der Waals surface area contributed by atoms with Gasteiger partial charge >= 0.3 is 6.01 Å². The zero-order valence-corrected chi connectivity index (χ0v) is 11.7. The second-order valence-electron chi connectivity index (χ2n) is 4.51. The van der Waals surface area contributed by atoms with Crippen LogP contribution in [0.5, 0.6) is 0 Å². The van der Waals surface area contributed by atoms with E-state index in [9.17, 15) is 0 Å². The van der Waals surface area contributed by atoms with E-state index >= 15 is 0 Å². The quantitative estimate of drug-likeness (QED) is 0.769. The first-order valence-electron chi connectivity index (χ1n) is 6.55. The molecule has 0 unspecified atom stereocenters. The number of hydrogen-bond donors (Lipinski definition) is 1. The van der Waals surface area contributed by atoms with Crippen LogP contribution in [0, 0.1) is 0 Å². The van der Waals surface area contributed by atoms with Crippen molar-refractivity contribution in [3.8, 4) is 0 Å². The zero-order chi connectivity index (χ0) is 12.6. The first-order valence-corrected chi connectivity index (χ1v) is 7.60. The zero-order valence-electron chi connectivity index (χ0n) is 10.9. The van der Waals surface area contributed by atoms with Crippen molar-refractivity contribution in [3.63, 3.8) is 0 Å². The molecule has 5 nitrogen and oxygen atoms in total. The van der Waals surface area contributed by atoms with Crippen LogP contribution < -0.4 is 5.32 Å². The lowest BCUT2D eigenvalue weighted by Crippen LogP contribution is -2.09. The molecule has 1 aromatic rings. The predicted octanol–water partition coefficient (Wildman–Crippen LogP) is 2.69. The van der Waals surface area contributed by atoms with Gasteiger partial charge in [0.1, 0.15) is 0 Å². The van der Waals surface area contributed by atoms with Crippen molar-refractivity contribution >= 4 is 17.8 Å². The van der Waals surface area contributed by atoms with E-state index in [1.807, 2.05) is 11.8 Å². The highest BCUT2D eigenvalue weighted by molar-refractivity contribution is 7.99. The number of ether oxygens (including phenoxy) is 1. The normalized spacial score (nSPS) is 16.9.